The number of piperazine rings is 1. The second-order valence-corrected chi connectivity index (χ2v) is 14.4. The largest absolute Gasteiger partial charge is 0.445 e. The molecule has 1 saturated carbocycles. The van der Waals surface area contributed by atoms with E-state index in [0.717, 1.165) is 75.5 Å². The minimum Gasteiger partial charge on any atom is -0.445 e. The normalized spacial score (nSPS) is 22.9. The standard InChI is InChI=1S/C38H47N5O6/c44-32-7-9-34(35(45)23-32)43-25-30-22-31(6-8-33(30)37(43)47)40-20-18-39(19-21-40)24-27-10-14-41(15-11-27)36(46)29-12-16-42(17-13-29)38(48)49-26-28-4-2-1-3-5-28/h1-6,8,22,27,29,34H,7,9-21,23-26H2. The van der Waals surface area contributed by atoms with Crippen molar-refractivity contribution in [1.82, 2.24) is 19.6 Å². The summed E-state index contributed by atoms with van der Waals surface area (Å²) in [5.41, 5.74) is 3.70. The fourth-order valence-electron chi connectivity index (χ4n) is 8.23. The van der Waals surface area contributed by atoms with E-state index in [0.29, 0.717) is 56.8 Å². The smallest absolute Gasteiger partial charge is 0.410 e. The van der Waals surface area contributed by atoms with E-state index in [1.807, 2.05) is 47.4 Å². The fourth-order valence-corrected chi connectivity index (χ4v) is 8.23. The van der Waals surface area contributed by atoms with Gasteiger partial charge in [0.25, 0.3) is 5.91 Å². The molecule has 4 fully saturated rings. The maximum Gasteiger partial charge on any atom is 0.410 e. The zero-order valence-corrected chi connectivity index (χ0v) is 28.3. The van der Waals surface area contributed by atoms with E-state index in [9.17, 15) is 24.0 Å². The van der Waals surface area contributed by atoms with Crippen molar-refractivity contribution in [3.8, 4) is 0 Å². The first-order valence-electron chi connectivity index (χ1n) is 18.0. The Bertz CT molecular complexity index is 1560. The topological polar surface area (TPSA) is 111 Å². The van der Waals surface area contributed by atoms with Crippen LogP contribution in [0, 0.1) is 11.8 Å². The molecule has 260 valence electrons. The van der Waals surface area contributed by atoms with Gasteiger partial charge in [-0.1, -0.05) is 30.3 Å². The molecule has 2 aromatic rings. The van der Waals surface area contributed by atoms with Gasteiger partial charge in [-0.3, -0.25) is 24.1 Å². The third-order valence-electron chi connectivity index (χ3n) is 11.2. The minimum atomic E-state index is -0.490. The predicted octanol–water partition coefficient (Wildman–Crippen LogP) is 3.74. The molecule has 0 bridgehead atoms. The minimum absolute atomic E-state index is 0.0244. The van der Waals surface area contributed by atoms with Gasteiger partial charge in [-0.05, 0) is 67.3 Å². The molecule has 4 heterocycles. The molecule has 4 aliphatic heterocycles. The molecule has 49 heavy (non-hydrogen) atoms. The molecule has 0 spiro atoms. The van der Waals surface area contributed by atoms with Crippen LogP contribution in [0.15, 0.2) is 48.5 Å². The molecule has 1 unspecified atom stereocenters. The van der Waals surface area contributed by atoms with E-state index < -0.39 is 6.04 Å². The van der Waals surface area contributed by atoms with Crippen molar-refractivity contribution in [3.05, 3.63) is 65.2 Å². The Morgan fingerprint density at radius 1 is 0.776 bits per heavy atom. The summed E-state index contributed by atoms with van der Waals surface area (Å²) in [6.07, 6.45) is 3.83. The maximum atomic E-state index is 13.3. The van der Waals surface area contributed by atoms with Gasteiger partial charge < -0.3 is 24.3 Å². The quantitative estimate of drug-likeness (QED) is 0.411. The summed E-state index contributed by atoms with van der Waals surface area (Å²) in [5, 5.41) is 0. The van der Waals surface area contributed by atoms with E-state index in [-0.39, 0.29) is 48.4 Å². The summed E-state index contributed by atoms with van der Waals surface area (Å²) in [6, 6.07) is 15.2. The number of benzene rings is 2. The Kier molecular flexibility index (Phi) is 9.98. The van der Waals surface area contributed by atoms with Gasteiger partial charge in [0, 0.05) is 89.0 Å². The molecule has 0 radical (unpaired) electrons. The highest BCUT2D eigenvalue weighted by Crippen LogP contribution is 2.32. The molecule has 1 atom stereocenters. The predicted molar refractivity (Wildman–Crippen MR) is 183 cm³/mol. The number of nitrogens with zero attached hydrogens (tertiary/aromatic N) is 5. The molecular formula is C38H47N5O6. The van der Waals surface area contributed by atoms with E-state index in [1.54, 1.807) is 9.80 Å². The Balaban J connectivity index is 0.815. The lowest BCUT2D eigenvalue weighted by Crippen LogP contribution is -2.50. The molecule has 5 aliphatic rings. The van der Waals surface area contributed by atoms with Gasteiger partial charge in [0.15, 0.2) is 5.78 Å². The lowest BCUT2D eigenvalue weighted by molar-refractivity contribution is -0.138. The Hall–Kier alpha value is -4.25. The van der Waals surface area contributed by atoms with E-state index in [4.69, 9.17) is 4.74 Å². The van der Waals surface area contributed by atoms with Gasteiger partial charge in [-0.15, -0.1) is 0 Å². The van der Waals surface area contributed by atoms with E-state index in [2.05, 4.69) is 15.9 Å². The van der Waals surface area contributed by atoms with E-state index in [1.165, 1.54) is 0 Å². The molecule has 1 aliphatic carbocycles. The van der Waals surface area contributed by atoms with E-state index >= 15 is 0 Å². The van der Waals surface area contributed by atoms with Crippen molar-refractivity contribution in [2.45, 2.75) is 64.1 Å². The van der Waals surface area contributed by atoms with Gasteiger partial charge in [-0.25, -0.2) is 4.79 Å². The second kappa shape index (κ2) is 14.7. The second-order valence-electron chi connectivity index (χ2n) is 14.4. The highest BCUT2D eigenvalue weighted by atomic mass is 16.6. The van der Waals surface area contributed by atoms with Crippen LogP contribution in [0.3, 0.4) is 0 Å². The van der Waals surface area contributed by atoms with Crippen molar-refractivity contribution >= 4 is 35.2 Å². The molecule has 0 aromatic heterocycles. The van der Waals surface area contributed by atoms with Crippen LogP contribution in [0.5, 0.6) is 0 Å². The average molecular weight is 670 g/mol. The number of fused-ring (bicyclic) bond motifs is 1. The number of rotatable bonds is 7. The summed E-state index contributed by atoms with van der Waals surface area (Å²) in [7, 11) is 0. The van der Waals surface area contributed by atoms with Crippen LogP contribution in [0.2, 0.25) is 0 Å². The van der Waals surface area contributed by atoms with Gasteiger partial charge in [0.1, 0.15) is 12.4 Å². The summed E-state index contributed by atoms with van der Waals surface area (Å²) in [6.45, 7) is 8.21. The highest BCUT2D eigenvalue weighted by Gasteiger charge is 2.39. The summed E-state index contributed by atoms with van der Waals surface area (Å²) in [4.78, 5) is 73.5. The Morgan fingerprint density at radius 2 is 1.49 bits per heavy atom. The third kappa shape index (κ3) is 7.51. The van der Waals surface area contributed by atoms with Crippen LogP contribution >= 0.6 is 0 Å². The van der Waals surface area contributed by atoms with Gasteiger partial charge >= 0.3 is 6.09 Å². The van der Waals surface area contributed by atoms with Crippen molar-refractivity contribution in [3.63, 3.8) is 0 Å². The molecule has 0 N–H and O–H groups in total. The average Bonchev–Trinajstić information content (AvgIpc) is 3.46. The summed E-state index contributed by atoms with van der Waals surface area (Å²) in [5.74, 6) is 0.520. The molecule has 2 aromatic carbocycles. The number of amides is 3. The number of ketones is 2. The van der Waals surface area contributed by atoms with Crippen LogP contribution < -0.4 is 4.90 Å². The van der Waals surface area contributed by atoms with Crippen molar-refractivity contribution < 1.29 is 28.7 Å². The first-order valence-corrected chi connectivity index (χ1v) is 18.0. The molecule has 11 heteroatoms. The van der Waals surface area contributed by atoms with Crippen molar-refractivity contribution in [1.29, 1.82) is 0 Å². The maximum absolute atomic E-state index is 13.3. The van der Waals surface area contributed by atoms with Crippen LogP contribution in [0.1, 0.15) is 66.4 Å². The summed E-state index contributed by atoms with van der Waals surface area (Å²) < 4.78 is 5.48. The number of Topliss-reactive ketones (excluding diaryl/α,β-unsaturated/α-hetero) is 2. The number of anilines is 1. The number of hydrogen-bond donors (Lipinski definition) is 0. The SMILES string of the molecule is O=C1CCC(N2Cc3cc(N4CCN(CC5CCN(C(=O)C6CCN(C(=O)OCc7ccccc7)CC6)CC5)CC4)ccc3C2=O)C(=O)C1. The van der Waals surface area contributed by atoms with Gasteiger partial charge in [0.05, 0.1) is 12.5 Å². The first-order chi connectivity index (χ1) is 23.8. The number of carbonyl (C=O) groups is 5. The van der Waals surface area contributed by atoms with Crippen LogP contribution in [-0.4, -0.2) is 114 Å². The number of piperidine rings is 2. The number of ether oxygens (including phenoxy) is 1. The Morgan fingerprint density at radius 3 is 2.20 bits per heavy atom. The van der Waals surface area contributed by atoms with Crippen LogP contribution in [0.4, 0.5) is 10.5 Å². The van der Waals surface area contributed by atoms with Crippen LogP contribution in [0.25, 0.3) is 0 Å². The van der Waals surface area contributed by atoms with Crippen molar-refractivity contribution in [2.75, 3.05) is 63.8 Å². The number of carbonyl (C=O) groups excluding carboxylic acids is 5. The molecular weight excluding hydrogens is 622 g/mol. The van der Waals surface area contributed by atoms with Crippen LogP contribution in [-0.2, 0) is 32.3 Å². The molecule has 7 rings (SSSR count). The molecule has 3 amide bonds. The zero-order valence-electron chi connectivity index (χ0n) is 28.3. The fraction of sp³-hybridized carbons (Fsp3) is 0.553. The monoisotopic (exact) mass is 669 g/mol. The lowest BCUT2D eigenvalue weighted by Gasteiger charge is -2.40. The summed E-state index contributed by atoms with van der Waals surface area (Å²) >= 11 is 0. The highest BCUT2D eigenvalue weighted by molar-refractivity contribution is 6.07. The zero-order chi connectivity index (χ0) is 33.9. The molecule has 3 saturated heterocycles. The first kappa shape index (κ1) is 33.3. The van der Waals surface area contributed by atoms with Crippen molar-refractivity contribution in [2.24, 2.45) is 11.8 Å². The number of hydrogen-bond acceptors (Lipinski definition) is 8. The van der Waals surface area contributed by atoms with Gasteiger partial charge in [0.2, 0.25) is 5.91 Å². The lowest BCUT2D eigenvalue weighted by atomic mass is 9.92. The van der Waals surface area contributed by atoms with Gasteiger partial charge in [-0.2, -0.15) is 0 Å². The number of likely N-dealkylation sites (tertiary alicyclic amines) is 2. The molecule has 11 nitrogen and oxygen atoms in total. The third-order valence-corrected chi connectivity index (χ3v) is 11.2. The Labute approximate surface area is 288 Å².